The maximum Gasteiger partial charge on any atom is 0.125 e. The number of phenolic OH excluding ortho intramolecular Hbond substituents is 1. The number of hydrogen-bond donors (Lipinski definition) is 2. The van der Waals surface area contributed by atoms with E-state index in [1.54, 1.807) is 12.1 Å². The standard InChI is InChI=1S/C17H21NO2/c1-12-5-3-7-15(9-13(2)18)17(12)20-11-14-6-4-8-16(19)10-14/h3-8,10,13,19H,9,11,18H2,1-2H3. The first-order chi connectivity index (χ1) is 9.56. The van der Waals surface area contributed by atoms with Crippen LogP contribution in [0.5, 0.6) is 11.5 Å². The molecule has 3 N–H and O–H groups in total. The van der Waals surface area contributed by atoms with Crippen LogP contribution in [0.2, 0.25) is 0 Å². The van der Waals surface area contributed by atoms with Crippen LogP contribution < -0.4 is 10.5 Å². The summed E-state index contributed by atoms with van der Waals surface area (Å²) in [6.07, 6.45) is 0.789. The van der Waals surface area contributed by atoms with Crippen molar-refractivity contribution < 1.29 is 9.84 Å². The minimum absolute atomic E-state index is 0.0971. The van der Waals surface area contributed by atoms with Gasteiger partial charge in [-0.1, -0.05) is 30.3 Å². The highest BCUT2D eigenvalue weighted by atomic mass is 16.5. The lowest BCUT2D eigenvalue weighted by molar-refractivity contribution is 0.299. The number of phenols is 1. The predicted molar refractivity (Wildman–Crippen MR) is 81.0 cm³/mol. The maximum atomic E-state index is 9.47. The van der Waals surface area contributed by atoms with E-state index in [0.29, 0.717) is 6.61 Å². The zero-order valence-electron chi connectivity index (χ0n) is 12.0. The summed E-state index contributed by atoms with van der Waals surface area (Å²) in [6.45, 7) is 4.45. The molecular weight excluding hydrogens is 250 g/mol. The molecule has 0 saturated carbocycles. The fourth-order valence-electron chi connectivity index (χ4n) is 2.23. The Hall–Kier alpha value is -2.00. The molecule has 2 aromatic carbocycles. The molecule has 0 spiro atoms. The van der Waals surface area contributed by atoms with Crippen LogP contribution in [0.25, 0.3) is 0 Å². The van der Waals surface area contributed by atoms with Gasteiger partial charge in [0.1, 0.15) is 18.1 Å². The number of nitrogens with two attached hydrogens (primary N) is 1. The molecule has 1 atom stereocenters. The van der Waals surface area contributed by atoms with Crippen molar-refractivity contribution in [3.8, 4) is 11.5 Å². The third kappa shape index (κ3) is 3.75. The van der Waals surface area contributed by atoms with Gasteiger partial charge >= 0.3 is 0 Å². The summed E-state index contributed by atoms with van der Waals surface area (Å²) in [6, 6.07) is 13.3. The van der Waals surface area contributed by atoms with Crippen LogP contribution >= 0.6 is 0 Å². The number of aryl methyl sites for hydroxylation is 1. The fourth-order valence-corrected chi connectivity index (χ4v) is 2.23. The van der Waals surface area contributed by atoms with Gasteiger partial charge in [-0.05, 0) is 49.1 Å². The molecule has 0 saturated heterocycles. The van der Waals surface area contributed by atoms with Crippen molar-refractivity contribution in [3.63, 3.8) is 0 Å². The number of aromatic hydroxyl groups is 1. The van der Waals surface area contributed by atoms with Gasteiger partial charge < -0.3 is 15.6 Å². The molecule has 2 rings (SSSR count). The Labute approximate surface area is 120 Å². The molecule has 0 aliphatic rings. The normalized spacial score (nSPS) is 12.2. The SMILES string of the molecule is Cc1cccc(CC(C)N)c1OCc1cccc(O)c1. The van der Waals surface area contributed by atoms with Gasteiger partial charge in [0.2, 0.25) is 0 Å². The summed E-state index contributed by atoms with van der Waals surface area (Å²) in [5, 5.41) is 9.47. The summed E-state index contributed by atoms with van der Waals surface area (Å²) in [5.74, 6) is 1.15. The molecule has 106 valence electrons. The molecule has 3 nitrogen and oxygen atoms in total. The van der Waals surface area contributed by atoms with Crippen LogP contribution in [-0.4, -0.2) is 11.1 Å². The Balaban J connectivity index is 2.16. The number of hydrogen-bond acceptors (Lipinski definition) is 3. The Morgan fingerprint density at radius 2 is 1.95 bits per heavy atom. The van der Waals surface area contributed by atoms with E-state index >= 15 is 0 Å². The fraction of sp³-hybridized carbons (Fsp3) is 0.294. The molecule has 1 unspecified atom stereocenters. The molecule has 0 aliphatic carbocycles. The third-order valence-corrected chi connectivity index (χ3v) is 3.13. The molecule has 0 amide bonds. The summed E-state index contributed by atoms with van der Waals surface area (Å²) >= 11 is 0. The van der Waals surface area contributed by atoms with Crippen LogP contribution in [0.3, 0.4) is 0 Å². The largest absolute Gasteiger partial charge is 0.508 e. The molecule has 2 aromatic rings. The zero-order chi connectivity index (χ0) is 14.5. The summed E-state index contributed by atoms with van der Waals surface area (Å²) < 4.78 is 5.94. The predicted octanol–water partition coefficient (Wildman–Crippen LogP) is 3.17. The van der Waals surface area contributed by atoms with Crippen LogP contribution in [0, 0.1) is 6.92 Å². The topological polar surface area (TPSA) is 55.5 Å². The van der Waals surface area contributed by atoms with Crippen LogP contribution in [0.1, 0.15) is 23.6 Å². The second-order valence-electron chi connectivity index (χ2n) is 5.20. The van der Waals surface area contributed by atoms with Gasteiger partial charge in [0.05, 0.1) is 0 Å². The van der Waals surface area contributed by atoms with E-state index in [1.807, 2.05) is 44.2 Å². The van der Waals surface area contributed by atoms with E-state index in [0.717, 1.165) is 28.9 Å². The summed E-state index contributed by atoms with van der Waals surface area (Å²) in [5.41, 5.74) is 9.05. The smallest absolute Gasteiger partial charge is 0.125 e. The van der Waals surface area contributed by atoms with E-state index in [2.05, 4.69) is 0 Å². The Bertz CT molecular complexity index is 579. The van der Waals surface area contributed by atoms with Gasteiger partial charge in [0, 0.05) is 6.04 Å². The van der Waals surface area contributed by atoms with Crippen molar-refractivity contribution in [3.05, 3.63) is 59.2 Å². The van der Waals surface area contributed by atoms with Crippen LogP contribution in [-0.2, 0) is 13.0 Å². The lowest BCUT2D eigenvalue weighted by Crippen LogP contribution is -2.18. The molecule has 0 heterocycles. The van der Waals surface area contributed by atoms with Crippen LogP contribution in [0.4, 0.5) is 0 Å². The number of rotatable bonds is 5. The molecule has 3 heteroatoms. The second kappa shape index (κ2) is 6.44. The third-order valence-electron chi connectivity index (χ3n) is 3.13. The maximum absolute atomic E-state index is 9.47. The molecule has 20 heavy (non-hydrogen) atoms. The molecule has 0 fully saturated rings. The van der Waals surface area contributed by atoms with Crippen LogP contribution in [0.15, 0.2) is 42.5 Å². The lowest BCUT2D eigenvalue weighted by Gasteiger charge is -2.15. The van der Waals surface area contributed by atoms with Gasteiger partial charge in [-0.25, -0.2) is 0 Å². The Morgan fingerprint density at radius 1 is 1.20 bits per heavy atom. The highest BCUT2D eigenvalue weighted by molar-refractivity contribution is 5.41. The number of para-hydroxylation sites is 1. The Kier molecular flexibility index (Phi) is 4.64. The lowest BCUT2D eigenvalue weighted by atomic mass is 10.0. The first-order valence-corrected chi connectivity index (χ1v) is 6.81. The highest BCUT2D eigenvalue weighted by Gasteiger charge is 2.09. The van der Waals surface area contributed by atoms with E-state index < -0.39 is 0 Å². The Morgan fingerprint density at radius 3 is 2.65 bits per heavy atom. The molecule has 0 radical (unpaired) electrons. The van der Waals surface area contributed by atoms with Gasteiger partial charge in [0.15, 0.2) is 0 Å². The summed E-state index contributed by atoms with van der Waals surface area (Å²) in [7, 11) is 0. The van der Waals surface area contributed by atoms with Crippen molar-refractivity contribution in [1.29, 1.82) is 0 Å². The number of ether oxygens (including phenoxy) is 1. The van der Waals surface area contributed by atoms with Crippen molar-refractivity contribution in [2.45, 2.75) is 32.9 Å². The average Bonchev–Trinajstić information content (AvgIpc) is 2.37. The van der Waals surface area contributed by atoms with Crippen molar-refractivity contribution in [1.82, 2.24) is 0 Å². The van der Waals surface area contributed by atoms with Gasteiger partial charge in [-0.3, -0.25) is 0 Å². The monoisotopic (exact) mass is 271 g/mol. The molecular formula is C17H21NO2. The molecule has 0 aliphatic heterocycles. The zero-order valence-corrected chi connectivity index (χ0v) is 12.0. The highest BCUT2D eigenvalue weighted by Crippen LogP contribution is 2.26. The molecule has 0 aromatic heterocycles. The molecule has 0 bridgehead atoms. The van der Waals surface area contributed by atoms with Gasteiger partial charge in [-0.2, -0.15) is 0 Å². The average molecular weight is 271 g/mol. The van der Waals surface area contributed by atoms with E-state index in [-0.39, 0.29) is 11.8 Å². The minimum atomic E-state index is 0.0971. The van der Waals surface area contributed by atoms with Crippen molar-refractivity contribution in [2.24, 2.45) is 5.73 Å². The van der Waals surface area contributed by atoms with E-state index in [4.69, 9.17) is 10.5 Å². The van der Waals surface area contributed by atoms with Gasteiger partial charge in [-0.15, -0.1) is 0 Å². The van der Waals surface area contributed by atoms with E-state index in [1.165, 1.54) is 0 Å². The first kappa shape index (κ1) is 14.4. The van der Waals surface area contributed by atoms with Crippen molar-refractivity contribution in [2.75, 3.05) is 0 Å². The minimum Gasteiger partial charge on any atom is -0.508 e. The quantitative estimate of drug-likeness (QED) is 0.878. The van der Waals surface area contributed by atoms with E-state index in [9.17, 15) is 5.11 Å². The summed E-state index contributed by atoms with van der Waals surface area (Å²) in [4.78, 5) is 0. The van der Waals surface area contributed by atoms with Gasteiger partial charge in [0.25, 0.3) is 0 Å². The second-order valence-corrected chi connectivity index (χ2v) is 5.20. The number of benzene rings is 2. The van der Waals surface area contributed by atoms with Crippen molar-refractivity contribution >= 4 is 0 Å². The first-order valence-electron chi connectivity index (χ1n) is 6.81.